The smallest absolute Gasteiger partial charge is 0.162 e. The summed E-state index contributed by atoms with van der Waals surface area (Å²) >= 11 is 0. The van der Waals surface area contributed by atoms with Gasteiger partial charge in [0.15, 0.2) is 6.29 Å². The van der Waals surface area contributed by atoms with Gasteiger partial charge >= 0.3 is 0 Å². The number of hydrogen-bond acceptors (Lipinski definition) is 4. The first kappa shape index (κ1) is 11.4. The van der Waals surface area contributed by atoms with E-state index in [0.29, 0.717) is 6.42 Å². The minimum Gasteiger partial charge on any atom is -0.356 e. The van der Waals surface area contributed by atoms with Crippen molar-refractivity contribution < 1.29 is 9.47 Å². The first-order valence-corrected chi connectivity index (χ1v) is 3.87. The quantitative estimate of drug-likeness (QED) is 0.353. The lowest BCUT2D eigenvalue weighted by atomic mass is 10.3. The van der Waals surface area contributed by atoms with Gasteiger partial charge in [-0.25, -0.2) is 0 Å². The molecule has 0 aliphatic carbocycles. The zero-order valence-electron chi connectivity index (χ0n) is 8.50. The molecule has 0 unspecified atom stereocenters. The van der Waals surface area contributed by atoms with Crippen molar-refractivity contribution in [2.45, 2.75) is 19.6 Å². The van der Waals surface area contributed by atoms with Gasteiger partial charge in [0.25, 0.3) is 0 Å². The van der Waals surface area contributed by atoms with Gasteiger partial charge in [-0.15, -0.1) is 0 Å². The molecule has 0 rings (SSSR count). The van der Waals surface area contributed by atoms with Crippen molar-refractivity contribution in [2.75, 3.05) is 28.3 Å². The molecule has 0 aromatic heterocycles. The summed E-state index contributed by atoms with van der Waals surface area (Å²) in [7, 11) is 7.02. The van der Waals surface area contributed by atoms with Crippen molar-refractivity contribution in [2.24, 2.45) is 5.10 Å². The van der Waals surface area contributed by atoms with Crippen LogP contribution in [0.25, 0.3) is 0 Å². The molecule has 0 bridgehead atoms. The highest BCUT2D eigenvalue weighted by Gasteiger charge is 2.06. The van der Waals surface area contributed by atoms with Gasteiger partial charge in [-0.3, -0.25) is 0 Å². The fraction of sp³-hybridized carbons (Fsp3) is 0.875. The van der Waals surface area contributed by atoms with Gasteiger partial charge in [-0.05, 0) is 6.92 Å². The molecule has 0 aromatic carbocycles. The summed E-state index contributed by atoms with van der Waals surface area (Å²) < 4.78 is 10.1. The maximum Gasteiger partial charge on any atom is 0.162 e. The lowest BCUT2D eigenvalue weighted by Gasteiger charge is -2.14. The Hall–Kier alpha value is -0.610. The zero-order valence-corrected chi connectivity index (χ0v) is 8.50. The highest BCUT2D eigenvalue weighted by molar-refractivity contribution is 5.81. The van der Waals surface area contributed by atoms with Gasteiger partial charge in [0.1, 0.15) is 0 Å². The first-order valence-electron chi connectivity index (χ1n) is 3.87. The summed E-state index contributed by atoms with van der Waals surface area (Å²) in [4.78, 5) is 0. The van der Waals surface area contributed by atoms with Crippen LogP contribution in [0.4, 0.5) is 0 Å². The first-order chi connectivity index (χ1) is 5.60. The Morgan fingerprint density at radius 2 is 1.83 bits per heavy atom. The Kier molecular flexibility index (Phi) is 5.66. The molecule has 0 spiro atoms. The molecule has 4 nitrogen and oxygen atoms in total. The van der Waals surface area contributed by atoms with Crippen LogP contribution in [0.15, 0.2) is 5.10 Å². The molecular formula is C8H18N2O2. The molecule has 0 aliphatic rings. The summed E-state index contributed by atoms with van der Waals surface area (Å²) in [6.45, 7) is 1.95. The molecule has 4 heteroatoms. The standard InChI is InChI=1S/C8H18N2O2/c1-7(9-10(2)3)6-8(11-4)12-5/h8H,6H2,1-5H3. The molecule has 0 aliphatic heterocycles. The zero-order chi connectivity index (χ0) is 9.56. The summed E-state index contributed by atoms with van der Waals surface area (Å²) in [5, 5.41) is 5.96. The maximum absolute atomic E-state index is 5.03. The topological polar surface area (TPSA) is 34.1 Å². The molecular weight excluding hydrogens is 156 g/mol. The van der Waals surface area contributed by atoms with Crippen LogP contribution < -0.4 is 0 Å². The van der Waals surface area contributed by atoms with Crippen molar-refractivity contribution in [1.29, 1.82) is 0 Å². The molecule has 0 saturated carbocycles. The fourth-order valence-electron chi connectivity index (χ4n) is 0.886. The van der Waals surface area contributed by atoms with Crippen LogP contribution in [-0.4, -0.2) is 45.3 Å². The van der Waals surface area contributed by atoms with Gasteiger partial charge in [0.05, 0.1) is 0 Å². The van der Waals surface area contributed by atoms with E-state index in [2.05, 4.69) is 5.10 Å². The van der Waals surface area contributed by atoms with Crippen LogP contribution in [-0.2, 0) is 9.47 Å². The van der Waals surface area contributed by atoms with Gasteiger partial charge in [-0.1, -0.05) is 0 Å². The second kappa shape index (κ2) is 5.97. The van der Waals surface area contributed by atoms with Gasteiger partial charge in [-0.2, -0.15) is 5.10 Å². The molecule has 0 saturated heterocycles. The molecule has 0 aromatic rings. The van der Waals surface area contributed by atoms with Crippen molar-refractivity contribution in [3.63, 3.8) is 0 Å². The summed E-state index contributed by atoms with van der Waals surface area (Å²) in [6, 6.07) is 0. The van der Waals surface area contributed by atoms with E-state index < -0.39 is 0 Å². The third-order valence-corrected chi connectivity index (χ3v) is 1.36. The molecule has 72 valence electrons. The van der Waals surface area contributed by atoms with Crippen LogP contribution >= 0.6 is 0 Å². The lowest BCUT2D eigenvalue weighted by Crippen LogP contribution is -2.18. The number of ether oxygens (including phenoxy) is 2. The van der Waals surface area contributed by atoms with Crippen LogP contribution in [0.1, 0.15) is 13.3 Å². The minimum absolute atomic E-state index is 0.186. The molecule has 0 fully saturated rings. The Morgan fingerprint density at radius 3 is 2.17 bits per heavy atom. The molecule has 0 radical (unpaired) electrons. The Labute approximate surface area is 74.1 Å². The van der Waals surface area contributed by atoms with E-state index in [4.69, 9.17) is 9.47 Å². The minimum atomic E-state index is -0.186. The van der Waals surface area contributed by atoms with Crippen molar-refractivity contribution in [3.8, 4) is 0 Å². The van der Waals surface area contributed by atoms with E-state index in [0.717, 1.165) is 5.71 Å². The van der Waals surface area contributed by atoms with E-state index in [1.807, 2.05) is 21.0 Å². The van der Waals surface area contributed by atoms with Crippen LogP contribution in [0.3, 0.4) is 0 Å². The van der Waals surface area contributed by atoms with Gasteiger partial charge in [0, 0.05) is 40.4 Å². The van der Waals surface area contributed by atoms with Crippen molar-refractivity contribution in [1.82, 2.24) is 5.01 Å². The molecule has 0 heterocycles. The molecule has 12 heavy (non-hydrogen) atoms. The Bertz CT molecular complexity index is 142. The molecule has 0 amide bonds. The molecule has 0 atom stereocenters. The van der Waals surface area contributed by atoms with Crippen LogP contribution in [0, 0.1) is 0 Å². The number of rotatable bonds is 5. The summed E-state index contributed by atoms with van der Waals surface area (Å²) in [6.07, 6.45) is 0.513. The van der Waals surface area contributed by atoms with E-state index in [1.54, 1.807) is 19.2 Å². The fourth-order valence-corrected chi connectivity index (χ4v) is 0.886. The normalized spacial score (nSPS) is 12.3. The predicted octanol–water partition coefficient (Wildman–Crippen LogP) is 0.933. The number of hydrogen-bond donors (Lipinski definition) is 0. The number of nitrogens with zero attached hydrogens (tertiary/aromatic N) is 2. The predicted molar refractivity (Wildman–Crippen MR) is 49.2 cm³/mol. The second-order valence-electron chi connectivity index (χ2n) is 2.79. The van der Waals surface area contributed by atoms with E-state index in [-0.39, 0.29) is 6.29 Å². The van der Waals surface area contributed by atoms with Crippen molar-refractivity contribution in [3.05, 3.63) is 0 Å². The SMILES string of the molecule is COC(CC(C)=NN(C)C)OC. The largest absolute Gasteiger partial charge is 0.356 e. The summed E-state index contributed by atoms with van der Waals surface area (Å²) in [5.74, 6) is 0. The highest BCUT2D eigenvalue weighted by atomic mass is 16.7. The van der Waals surface area contributed by atoms with Crippen LogP contribution in [0.5, 0.6) is 0 Å². The van der Waals surface area contributed by atoms with E-state index in [1.165, 1.54) is 0 Å². The number of hydrazone groups is 1. The van der Waals surface area contributed by atoms with Gasteiger partial charge in [0.2, 0.25) is 0 Å². The average molecular weight is 174 g/mol. The second-order valence-corrected chi connectivity index (χ2v) is 2.79. The van der Waals surface area contributed by atoms with Crippen LogP contribution in [0.2, 0.25) is 0 Å². The molecule has 0 N–H and O–H groups in total. The average Bonchev–Trinajstić information content (AvgIpc) is 1.98. The van der Waals surface area contributed by atoms with Crippen molar-refractivity contribution >= 4 is 5.71 Å². The third kappa shape index (κ3) is 5.09. The summed E-state index contributed by atoms with van der Waals surface area (Å²) in [5.41, 5.74) is 0.994. The number of methoxy groups -OCH3 is 2. The maximum atomic E-state index is 5.03. The Morgan fingerprint density at radius 1 is 1.33 bits per heavy atom. The van der Waals surface area contributed by atoms with E-state index in [9.17, 15) is 0 Å². The Balaban J connectivity index is 3.88. The highest BCUT2D eigenvalue weighted by Crippen LogP contribution is 2.00. The monoisotopic (exact) mass is 174 g/mol. The lowest BCUT2D eigenvalue weighted by molar-refractivity contribution is -0.0959. The van der Waals surface area contributed by atoms with Gasteiger partial charge < -0.3 is 14.5 Å². The third-order valence-electron chi connectivity index (χ3n) is 1.36. The van der Waals surface area contributed by atoms with E-state index >= 15 is 0 Å².